The van der Waals surface area contributed by atoms with Gasteiger partial charge in [-0.05, 0) is 11.1 Å². The third-order valence-electron chi connectivity index (χ3n) is 2.24. The van der Waals surface area contributed by atoms with Gasteiger partial charge in [0.15, 0.2) is 0 Å². The molecule has 0 aliphatic carbocycles. The molecule has 1 aromatic rings. The molecular weight excluding hydrogens is 194 g/mol. The fourth-order valence-electron chi connectivity index (χ4n) is 1.39. The second kappa shape index (κ2) is 6.53. The third-order valence-corrected chi connectivity index (χ3v) is 2.24. The molecule has 4 nitrogen and oxygen atoms in total. The number of nitrogens with one attached hydrogen (secondary N) is 1. The Bertz CT molecular complexity index is 274. The van der Waals surface area contributed by atoms with E-state index in [0.717, 1.165) is 11.1 Å². The van der Waals surface area contributed by atoms with Crippen molar-refractivity contribution in [2.24, 2.45) is 0 Å². The van der Waals surface area contributed by atoms with Gasteiger partial charge in [-0.2, -0.15) is 0 Å². The van der Waals surface area contributed by atoms with Crippen LogP contribution in [0.3, 0.4) is 0 Å². The van der Waals surface area contributed by atoms with Crippen molar-refractivity contribution in [2.75, 3.05) is 20.8 Å². The molecule has 0 bridgehead atoms. The Morgan fingerprint density at radius 3 is 2.40 bits per heavy atom. The molecule has 0 aliphatic rings. The SMILES string of the molecule is COCC(OC)c1ccc(CNO)cc1. The molecule has 2 N–H and O–H groups in total. The quantitative estimate of drug-likeness (QED) is 0.700. The summed E-state index contributed by atoms with van der Waals surface area (Å²) < 4.78 is 10.3. The smallest absolute Gasteiger partial charge is 0.105 e. The highest BCUT2D eigenvalue weighted by atomic mass is 16.5. The van der Waals surface area contributed by atoms with Gasteiger partial charge in [0.1, 0.15) is 6.10 Å². The lowest BCUT2D eigenvalue weighted by atomic mass is 10.1. The van der Waals surface area contributed by atoms with Gasteiger partial charge in [-0.1, -0.05) is 24.3 Å². The standard InChI is InChI=1S/C11H17NO3/c1-14-8-11(15-2)10-5-3-9(4-6-10)7-12-13/h3-6,11-13H,7-8H2,1-2H3. The van der Waals surface area contributed by atoms with Crippen LogP contribution in [-0.4, -0.2) is 26.0 Å². The number of hydrogen-bond acceptors (Lipinski definition) is 4. The van der Waals surface area contributed by atoms with Crippen LogP contribution in [-0.2, 0) is 16.0 Å². The molecule has 0 aliphatic heterocycles. The van der Waals surface area contributed by atoms with Crippen LogP contribution >= 0.6 is 0 Å². The van der Waals surface area contributed by atoms with Crippen molar-refractivity contribution in [1.82, 2.24) is 5.48 Å². The molecule has 84 valence electrons. The molecule has 15 heavy (non-hydrogen) atoms. The molecule has 1 aromatic carbocycles. The number of hydroxylamine groups is 1. The van der Waals surface area contributed by atoms with Crippen LogP contribution in [0.4, 0.5) is 0 Å². The van der Waals surface area contributed by atoms with Gasteiger partial charge in [-0.15, -0.1) is 0 Å². The predicted octanol–water partition coefficient (Wildman–Crippen LogP) is 1.50. The van der Waals surface area contributed by atoms with Gasteiger partial charge < -0.3 is 14.7 Å². The lowest BCUT2D eigenvalue weighted by Gasteiger charge is -2.14. The van der Waals surface area contributed by atoms with E-state index in [1.54, 1.807) is 14.2 Å². The zero-order valence-electron chi connectivity index (χ0n) is 9.06. The van der Waals surface area contributed by atoms with Gasteiger partial charge in [-0.3, -0.25) is 0 Å². The number of benzene rings is 1. The zero-order valence-corrected chi connectivity index (χ0v) is 9.06. The van der Waals surface area contributed by atoms with E-state index in [2.05, 4.69) is 5.48 Å². The first-order valence-corrected chi connectivity index (χ1v) is 4.79. The predicted molar refractivity (Wildman–Crippen MR) is 56.7 cm³/mol. The van der Waals surface area contributed by atoms with E-state index < -0.39 is 0 Å². The van der Waals surface area contributed by atoms with E-state index in [4.69, 9.17) is 14.7 Å². The Morgan fingerprint density at radius 2 is 1.93 bits per heavy atom. The van der Waals surface area contributed by atoms with E-state index in [1.807, 2.05) is 24.3 Å². The maximum Gasteiger partial charge on any atom is 0.105 e. The summed E-state index contributed by atoms with van der Waals surface area (Å²) in [6.45, 7) is 0.982. The van der Waals surface area contributed by atoms with Crippen molar-refractivity contribution in [3.8, 4) is 0 Å². The number of rotatable bonds is 6. The number of ether oxygens (including phenoxy) is 2. The highest BCUT2D eigenvalue weighted by Crippen LogP contribution is 2.17. The largest absolute Gasteiger partial charge is 0.382 e. The summed E-state index contributed by atoms with van der Waals surface area (Å²) in [6, 6.07) is 7.83. The normalized spacial score (nSPS) is 12.7. The molecule has 0 saturated heterocycles. The van der Waals surface area contributed by atoms with Gasteiger partial charge in [-0.25, -0.2) is 5.48 Å². The molecule has 0 saturated carbocycles. The first-order valence-electron chi connectivity index (χ1n) is 4.79. The Labute approximate surface area is 89.8 Å². The molecule has 0 aromatic heterocycles. The molecule has 0 spiro atoms. The van der Waals surface area contributed by atoms with E-state index in [0.29, 0.717) is 13.2 Å². The van der Waals surface area contributed by atoms with E-state index in [1.165, 1.54) is 0 Å². The minimum atomic E-state index is -0.0360. The van der Waals surface area contributed by atoms with Gasteiger partial charge in [0.05, 0.1) is 6.61 Å². The summed E-state index contributed by atoms with van der Waals surface area (Å²) in [5.74, 6) is 0. The van der Waals surface area contributed by atoms with Crippen LogP contribution in [0.5, 0.6) is 0 Å². The van der Waals surface area contributed by atoms with E-state index in [-0.39, 0.29) is 6.10 Å². The second-order valence-electron chi connectivity index (χ2n) is 3.26. The molecular formula is C11H17NO3. The lowest BCUT2D eigenvalue weighted by Crippen LogP contribution is -2.09. The fourth-order valence-corrected chi connectivity index (χ4v) is 1.39. The molecule has 1 rings (SSSR count). The van der Waals surface area contributed by atoms with E-state index in [9.17, 15) is 0 Å². The molecule has 0 amide bonds. The minimum absolute atomic E-state index is 0.0360. The van der Waals surface area contributed by atoms with Gasteiger partial charge >= 0.3 is 0 Å². The first-order chi connectivity index (χ1) is 7.31. The van der Waals surface area contributed by atoms with Gasteiger partial charge in [0, 0.05) is 20.8 Å². The summed E-state index contributed by atoms with van der Waals surface area (Å²) in [7, 11) is 3.31. The Kier molecular flexibility index (Phi) is 5.28. The van der Waals surface area contributed by atoms with Crippen LogP contribution in [0.15, 0.2) is 24.3 Å². The fraction of sp³-hybridized carbons (Fsp3) is 0.455. The summed E-state index contributed by atoms with van der Waals surface area (Å²) >= 11 is 0. The van der Waals surface area contributed by atoms with Crippen LogP contribution < -0.4 is 5.48 Å². The van der Waals surface area contributed by atoms with Crippen LogP contribution in [0.25, 0.3) is 0 Å². The number of methoxy groups -OCH3 is 2. The van der Waals surface area contributed by atoms with Crippen molar-refractivity contribution in [1.29, 1.82) is 0 Å². The highest BCUT2D eigenvalue weighted by molar-refractivity contribution is 5.24. The summed E-state index contributed by atoms with van der Waals surface area (Å²) in [6.07, 6.45) is -0.0360. The van der Waals surface area contributed by atoms with Crippen LogP contribution in [0.1, 0.15) is 17.2 Å². The first kappa shape index (κ1) is 12.1. The third kappa shape index (κ3) is 3.60. The van der Waals surface area contributed by atoms with Crippen molar-refractivity contribution in [2.45, 2.75) is 12.6 Å². The lowest BCUT2D eigenvalue weighted by molar-refractivity contribution is 0.0275. The monoisotopic (exact) mass is 211 g/mol. The van der Waals surface area contributed by atoms with Gasteiger partial charge in [0.2, 0.25) is 0 Å². The van der Waals surface area contributed by atoms with Crippen molar-refractivity contribution in [3.05, 3.63) is 35.4 Å². The molecule has 0 heterocycles. The summed E-state index contributed by atoms with van der Waals surface area (Å²) in [5.41, 5.74) is 4.21. The second-order valence-corrected chi connectivity index (χ2v) is 3.26. The molecule has 1 unspecified atom stereocenters. The highest BCUT2D eigenvalue weighted by Gasteiger charge is 2.09. The topological polar surface area (TPSA) is 50.7 Å². The van der Waals surface area contributed by atoms with Crippen molar-refractivity contribution >= 4 is 0 Å². The summed E-state index contributed by atoms with van der Waals surface area (Å²) in [4.78, 5) is 0. The van der Waals surface area contributed by atoms with Crippen LogP contribution in [0, 0.1) is 0 Å². The van der Waals surface area contributed by atoms with Crippen molar-refractivity contribution in [3.63, 3.8) is 0 Å². The number of hydrogen-bond donors (Lipinski definition) is 2. The maximum atomic E-state index is 8.53. The Morgan fingerprint density at radius 1 is 1.27 bits per heavy atom. The van der Waals surface area contributed by atoms with E-state index >= 15 is 0 Å². The average Bonchev–Trinajstić information content (AvgIpc) is 2.28. The zero-order chi connectivity index (χ0) is 11.1. The average molecular weight is 211 g/mol. The molecule has 0 radical (unpaired) electrons. The van der Waals surface area contributed by atoms with Crippen molar-refractivity contribution < 1.29 is 14.7 Å². The Hall–Kier alpha value is -0.940. The minimum Gasteiger partial charge on any atom is -0.382 e. The maximum absolute atomic E-state index is 8.53. The molecule has 1 atom stereocenters. The Balaban J connectivity index is 2.68. The van der Waals surface area contributed by atoms with Crippen LogP contribution in [0.2, 0.25) is 0 Å². The molecule has 0 fully saturated rings. The van der Waals surface area contributed by atoms with Gasteiger partial charge in [0.25, 0.3) is 0 Å². The molecule has 4 heteroatoms. The summed E-state index contributed by atoms with van der Waals surface area (Å²) in [5, 5.41) is 8.53.